The third-order valence-corrected chi connectivity index (χ3v) is 5.07. The number of aryl methyl sites for hydroxylation is 1. The largest absolute Gasteiger partial charge is 0.497 e. The van der Waals surface area contributed by atoms with E-state index in [1.54, 1.807) is 14.2 Å². The van der Waals surface area contributed by atoms with Crippen molar-refractivity contribution in [2.45, 2.75) is 32.2 Å². The van der Waals surface area contributed by atoms with Crippen molar-refractivity contribution in [2.75, 3.05) is 32.1 Å². The van der Waals surface area contributed by atoms with Crippen LogP contribution in [-0.4, -0.2) is 39.1 Å². The van der Waals surface area contributed by atoms with E-state index in [0.29, 0.717) is 13.0 Å². The Morgan fingerprint density at radius 1 is 1.14 bits per heavy atom. The van der Waals surface area contributed by atoms with Crippen molar-refractivity contribution in [3.05, 3.63) is 59.7 Å². The monoisotopic (exact) mass is 394 g/mol. The van der Waals surface area contributed by atoms with E-state index in [9.17, 15) is 4.79 Å². The molecule has 3 rings (SSSR count). The molecule has 2 aromatic rings. The number of hydrogen-bond acceptors (Lipinski definition) is 3. The summed E-state index contributed by atoms with van der Waals surface area (Å²) < 4.78 is 5.27. The molecule has 1 saturated heterocycles. The highest BCUT2D eigenvalue weighted by atomic mass is 16.5. The van der Waals surface area contributed by atoms with Crippen LogP contribution in [0.2, 0.25) is 0 Å². The van der Waals surface area contributed by atoms with E-state index in [0.717, 1.165) is 55.3 Å². The minimum atomic E-state index is 0.217. The molecule has 0 atom stereocenters. The van der Waals surface area contributed by atoms with Gasteiger partial charge in [0.1, 0.15) is 5.75 Å². The number of ether oxygens (including phenoxy) is 1. The third-order valence-electron chi connectivity index (χ3n) is 5.07. The van der Waals surface area contributed by atoms with Gasteiger partial charge in [-0.15, -0.1) is 0 Å². The Labute approximate surface area is 173 Å². The first-order chi connectivity index (χ1) is 14.2. The highest BCUT2D eigenvalue weighted by molar-refractivity contribution is 5.95. The van der Waals surface area contributed by atoms with Crippen molar-refractivity contribution in [2.24, 2.45) is 4.99 Å². The van der Waals surface area contributed by atoms with Crippen LogP contribution in [0.25, 0.3) is 0 Å². The number of nitrogens with one attached hydrogen (secondary N) is 2. The number of anilines is 1. The molecule has 1 fully saturated rings. The molecule has 29 heavy (non-hydrogen) atoms. The summed E-state index contributed by atoms with van der Waals surface area (Å²) in [6.45, 7) is 2.35. The second-order valence-corrected chi connectivity index (χ2v) is 7.12. The average molecular weight is 395 g/mol. The summed E-state index contributed by atoms with van der Waals surface area (Å²) in [6.07, 6.45) is 3.59. The Morgan fingerprint density at radius 2 is 1.97 bits per heavy atom. The number of carbonyl (C=O) groups is 1. The maximum atomic E-state index is 11.8. The maximum Gasteiger partial charge on any atom is 0.227 e. The molecule has 0 aromatic heterocycles. The van der Waals surface area contributed by atoms with Crippen LogP contribution < -0.4 is 20.3 Å². The molecule has 1 aliphatic rings. The van der Waals surface area contributed by atoms with Crippen molar-refractivity contribution in [3.8, 4) is 5.75 Å². The Kier molecular flexibility index (Phi) is 7.50. The van der Waals surface area contributed by atoms with Crippen LogP contribution in [0, 0.1) is 0 Å². The van der Waals surface area contributed by atoms with Crippen LogP contribution in [0.4, 0.5) is 5.69 Å². The first-order valence-corrected chi connectivity index (χ1v) is 10.2. The first-order valence-electron chi connectivity index (χ1n) is 10.2. The Hall–Kier alpha value is -3.02. The molecule has 2 N–H and O–H groups in total. The summed E-state index contributed by atoms with van der Waals surface area (Å²) in [4.78, 5) is 18.0. The number of benzene rings is 2. The molecule has 2 aromatic carbocycles. The Morgan fingerprint density at radius 3 is 2.66 bits per heavy atom. The number of amides is 1. The average Bonchev–Trinajstić information content (AvgIpc) is 3.19. The van der Waals surface area contributed by atoms with Gasteiger partial charge in [0.15, 0.2) is 5.96 Å². The van der Waals surface area contributed by atoms with E-state index in [1.807, 2.05) is 29.2 Å². The summed E-state index contributed by atoms with van der Waals surface area (Å²) in [5.74, 6) is 1.90. The molecule has 0 radical (unpaired) electrons. The van der Waals surface area contributed by atoms with E-state index in [1.165, 1.54) is 5.56 Å². The van der Waals surface area contributed by atoms with Crippen LogP contribution >= 0.6 is 0 Å². The van der Waals surface area contributed by atoms with Crippen LogP contribution in [0.5, 0.6) is 5.75 Å². The SMILES string of the molecule is CN=C(NCCCc1cccc(OC)c1)NCc1ccc(N2CCCC2=O)cc1. The van der Waals surface area contributed by atoms with Gasteiger partial charge in [0.2, 0.25) is 5.91 Å². The summed E-state index contributed by atoms with van der Waals surface area (Å²) in [6, 6.07) is 16.3. The standard InChI is InChI=1S/C23H30N4O2/c1-24-23(25-14-4-7-18-6-3-8-21(16-18)29-2)26-17-19-10-12-20(13-11-19)27-15-5-9-22(27)28/h3,6,8,10-13,16H,4-5,7,9,14-15,17H2,1-2H3,(H2,24,25,26). The second kappa shape index (κ2) is 10.5. The normalized spacial score (nSPS) is 14.2. The molecule has 0 unspecified atom stereocenters. The number of methoxy groups -OCH3 is 1. The smallest absolute Gasteiger partial charge is 0.227 e. The van der Waals surface area contributed by atoms with Crippen molar-refractivity contribution >= 4 is 17.6 Å². The molecule has 6 heteroatoms. The molecule has 0 saturated carbocycles. The topological polar surface area (TPSA) is 66.0 Å². The Bertz CT molecular complexity index is 833. The quantitative estimate of drug-likeness (QED) is 0.410. The van der Waals surface area contributed by atoms with Gasteiger partial charge in [-0.05, 0) is 54.7 Å². The lowest BCUT2D eigenvalue weighted by molar-refractivity contribution is -0.117. The van der Waals surface area contributed by atoms with E-state index in [-0.39, 0.29) is 5.91 Å². The van der Waals surface area contributed by atoms with Gasteiger partial charge < -0.3 is 20.3 Å². The van der Waals surface area contributed by atoms with Gasteiger partial charge in [0.25, 0.3) is 0 Å². The minimum absolute atomic E-state index is 0.217. The molecular formula is C23H30N4O2. The summed E-state index contributed by atoms with van der Waals surface area (Å²) in [7, 11) is 3.47. The number of nitrogens with zero attached hydrogens (tertiary/aromatic N) is 2. The maximum absolute atomic E-state index is 11.8. The van der Waals surface area contributed by atoms with Crippen molar-refractivity contribution < 1.29 is 9.53 Å². The summed E-state index contributed by atoms with van der Waals surface area (Å²) >= 11 is 0. The fraction of sp³-hybridized carbons (Fsp3) is 0.391. The molecule has 1 amide bonds. The minimum Gasteiger partial charge on any atom is -0.497 e. The predicted molar refractivity (Wildman–Crippen MR) is 118 cm³/mol. The summed E-state index contributed by atoms with van der Waals surface area (Å²) in [5.41, 5.74) is 3.40. The number of rotatable bonds is 8. The van der Waals surface area contributed by atoms with Gasteiger partial charge in [0, 0.05) is 38.8 Å². The zero-order valence-corrected chi connectivity index (χ0v) is 17.3. The lowest BCUT2D eigenvalue weighted by Gasteiger charge is -2.16. The fourth-order valence-corrected chi connectivity index (χ4v) is 3.45. The zero-order valence-electron chi connectivity index (χ0n) is 17.3. The van der Waals surface area contributed by atoms with Crippen LogP contribution in [0.1, 0.15) is 30.4 Å². The van der Waals surface area contributed by atoms with Crippen molar-refractivity contribution in [3.63, 3.8) is 0 Å². The van der Waals surface area contributed by atoms with E-state index < -0.39 is 0 Å². The van der Waals surface area contributed by atoms with Crippen LogP contribution in [0.3, 0.4) is 0 Å². The van der Waals surface area contributed by atoms with E-state index in [2.05, 4.69) is 39.9 Å². The number of hydrogen-bond donors (Lipinski definition) is 2. The van der Waals surface area contributed by atoms with Crippen LogP contribution in [-0.2, 0) is 17.8 Å². The number of carbonyl (C=O) groups excluding carboxylic acids is 1. The molecule has 0 aliphatic carbocycles. The third kappa shape index (κ3) is 5.98. The molecule has 1 aliphatic heterocycles. The molecule has 0 bridgehead atoms. The van der Waals surface area contributed by atoms with E-state index >= 15 is 0 Å². The van der Waals surface area contributed by atoms with Gasteiger partial charge in [-0.3, -0.25) is 9.79 Å². The molecule has 1 heterocycles. The van der Waals surface area contributed by atoms with Gasteiger partial charge in [-0.1, -0.05) is 24.3 Å². The molecule has 154 valence electrons. The highest BCUT2D eigenvalue weighted by Gasteiger charge is 2.21. The number of aliphatic imine (C=N–C) groups is 1. The lowest BCUT2D eigenvalue weighted by atomic mass is 10.1. The highest BCUT2D eigenvalue weighted by Crippen LogP contribution is 2.21. The number of guanidine groups is 1. The predicted octanol–water partition coefficient (Wildman–Crippen LogP) is 3.12. The molecular weight excluding hydrogens is 364 g/mol. The molecule has 6 nitrogen and oxygen atoms in total. The van der Waals surface area contributed by atoms with Crippen molar-refractivity contribution in [1.29, 1.82) is 0 Å². The lowest BCUT2D eigenvalue weighted by Crippen LogP contribution is -2.37. The van der Waals surface area contributed by atoms with Gasteiger partial charge >= 0.3 is 0 Å². The van der Waals surface area contributed by atoms with Gasteiger partial charge in [-0.25, -0.2) is 0 Å². The second-order valence-electron chi connectivity index (χ2n) is 7.12. The van der Waals surface area contributed by atoms with Gasteiger partial charge in [0.05, 0.1) is 7.11 Å². The Balaban J connectivity index is 1.40. The first kappa shape index (κ1) is 20.7. The van der Waals surface area contributed by atoms with Gasteiger partial charge in [-0.2, -0.15) is 0 Å². The zero-order chi connectivity index (χ0) is 20.5. The fourth-order valence-electron chi connectivity index (χ4n) is 3.45. The van der Waals surface area contributed by atoms with Crippen molar-refractivity contribution in [1.82, 2.24) is 10.6 Å². The van der Waals surface area contributed by atoms with E-state index in [4.69, 9.17) is 4.74 Å². The summed E-state index contributed by atoms with van der Waals surface area (Å²) in [5, 5.41) is 6.69. The molecule has 0 spiro atoms. The van der Waals surface area contributed by atoms with Crippen LogP contribution in [0.15, 0.2) is 53.5 Å².